The molecule has 1 aliphatic heterocycles. The highest BCUT2D eigenvalue weighted by Crippen LogP contribution is 2.19. The van der Waals surface area contributed by atoms with E-state index in [1.54, 1.807) is 0 Å². The number of aryl methyl sites for hydroxylation is 3. The van der Waals surface area contributed by atoms with E-state index in [0.29, 0.717) is 5.69 Å². The number of amides is 1. The van der Waals surface area contributed by atoms with Crippen molar-refractivity contribution in [3.63, 3.8) is 0 Å². The third-order valence-corrected chi connectivity index (χ3v) is 5.35. The lowest BCUT2D eigenvalue weighted by Crippen LogP contribution is -2.48. The number of nitrogens with zero attached hydrogens (tertiary/aromatic N) is 2. The molecule has 0 radical (unpaired) electrons. The van der Waals surface area contributed by atoms with Gasteiger partial charge < -0.3 is 9.88 Å². The van der Waals surface area contributed by atoms with Crippen LogP contribution in [0.1, 0.15) is 32.7 Å². The van der Waals surface area contributed by atoms with Crippen LogP contribution in [0.4, 0.5) is 0 Å². The number of aromatic amines is 1. The fourth-order valence-corrected chi connectivity index (χ4v) is 4.07. The Balaban J connectivity index is 1.39. The van der Waals surface area contributed by atoms with Gasteiger partial charge in [0.15, 0.2) is 0 Å². The van der Waals surface area contributed by atoms with Crippen LogP contribution in [-0.2, 0) is 6.54 Å². The van der Waals surface area contributed by atoms with Crippen molar-refractivity contribution in [2.24, 2.45) is 0 Å². The molecule has 1 aromatic heterocycles. The largest absolute Gasteiger partial charge is 0.351 e. The number of benzene rings is 2. The van der Waals surface area contributed by atoms with Crippen molar-refractivity contribution in [3.8, 4) is 0 Å². The lowest BCUT2D eigenvalue weighted by molar-refractivity contribution is 0.0623. The van der Waals surface area contributed by atoms with Crippen LogP contribution in [0.2, 0.25) is 0 Å². The van der Waals surface area contributed by atoms with Crippen LogP contribution in [0.3, 0.4) is 0 Å². The number of hydrogen-bond acceptors (Lipinski definition) is 2. The summed E-state index contributed by atoms with van der Waals surface area (Å²) in [6.45, 7) is 10.7. The first kappa shape index (κ1) is 17.8. The molecule has 1 fully saturated rings. The van der Waals surface area contributed by atoms with E-state index in [4.69, 9.17) is 0 Å². The molecule has 2 aromatic carbocycles. The molecule has 4 heteroatoms. The predicted molar refractivity (Wildman–Crippen MR) is 110 cm³/mol. The third-order valence-electron chi connectivity index (χ3n) is 5.35. The highest BCUT2D eigenvalue weighted by molar-refractivity contribution is 5.98. The number of fused-ring (bicyclic) bond motifs is 1. The molecular formula is C23H27N3O. The monoisotopic (exact) mass is 361 g/mol. The number of nitrogens with one attached hydrogen (secondary N) is 1. The van der Waals surface area contributed by atoms with Gasteiger partial charge in [0.1, 0.15) is 5.69 Å². The Morgan fingerprint density at radius 2 is 1.59 bits per heavy atom. The number of aromatic nitrogens is 1. The molecular weight excluding hydrogens is 334 g/mol. The van der Waals surface area contributed by atoms with Crippen molar-refractivity contribution in [2.45, 2.75) is 27.3 Å². The van der Waals surface area contributed by atoms with E-state index in [-0.39, 0.29) is 5.91 Å². The molecule has 0 bridgehead atoms. The van der Waals surface area contributed by atoms with E-state index in [1.165, 1.54) is 22.3 Å². The van der Waals surface area contributed by atoms with Crippen LogP contribution in [0, 0.1) is 20.8 Å². The number of H-pyrrole nitrogens is 1. The highest BCUT2D eigenvalue weighted by Gasteiger charge is 2.23. The van der Waals surface area contributed by atoms with E-state index >= 15 is 0 Å². The normalized spacial score (nSPS) is 15.4. The molecule has 1 amide bonds. The quantitative estimate of drug-likeness (QED) is 0.764. The zero-order chi connectivity index (χ0) is 19.0. The molecule has 3 aromatic rings. The molecule has 27 heavy (non-hydrogen) atoms. The lowest BCUT2D eigenvalue weighted by atomic mass is 10.1. The number of hydrogen-bond donors (Lipinski definition) is 1. The number of piperazine rings is 1. The second-order valence-corrected chi connectivity index (χ2v) is 7.84. The fraction of sp³-hybridized carbons (Fsp3) is 0.348. The Morgan fingerprint density at radius 3 is 2.30 bits per heavy atom. The Morgan fingerprint density at radius 1 is 0.889 bits per heavy atom. The Kier molecular flexibility index (Phi) is 4.75. The summed E-state index contributed by atoms with van der Waals surface area (Å²) in [5.41, 5.74) is 6.91. The van der Waals surface area contributed by atoms with E-state index in [9.17, 15) is 4.79 Å². The molecule has 0 atom stereocenters. The molecule has 4 nitrogen and oxygen atoms in total. The molecule has 4 rings (SSSR count). The summed E-state index contributed by atoms with van der Waals surface area (Å²) in [4.78, 5) is 20.6. The molecule has 0 saturated carbocycles. The molecule has 1 aliphatic rings. The minimum atomic E-state index is 0.106. The zero-order valence-corrected chi connectivity index (χ0v) is 16.4. The second kappa shape index (κ2) is 7.20. The molecule has 0 aliphatic carbocycles. The van der Waals surface area contributed by atoms with Gasteiger partial charge in [0, 0.05) is 43.6 Å². The summed E-state index contributed by atoms with van der Waals surface area (Å²) in [7, 11) is 0. The number of rotatable bonds is 3. The van der Waals surface area contributed by atoms with Crippen LogP contribution in [0.25, 0.3) is 10.9 Å². The van der Waals surface area contributed by atoms with Gasteiger partial charge >= 0.3 is 0 Å². The van der Waals surface area contributed by atoms with Gasteiger partial charge in [0.25, 0.3) is 5.91 Å². The minimum absolute atomic E-state index is 0.106. The Bertz CT molecular complexity index is 960. The van der Waals surface area contributed by atoms with Gasteiger partial charge in [-0.25, -0.2) is 0 Å². The fourth-order valence-electron chi connectivity index (χ4n) is 4.07. The van der Waals surface area contributed by atoms with E-state index in [2.05, 4.69) is 61.0 Å². The second-order valence-electron chi connectivity index (χ2n) is 7.84. The van der Waals surface area contributed by atoms with E-state index < -0.39 is 0 Å². The first-order valence-electron chi connectivity index (χ1n) is 9.66. The van der Waals surface area contributed by atoms with Gasteiger partial charge in [0.05, 0.1) is 0 Å². The van der Waals surface area contributed by atoms with Crippen molar-refractivity contribution in [2.75, 3.05) is 26.2 Å². The van der Waals surface area contributed by atoms with Crippen LogP contribution in [0.5, 0.6) is 0 Å². The van der Waals surface area contributed by atoms with Gasteiger partial charge in [-0.2, -0.15) is 0 Å². The maximum Gasteiger partial charge on any atom is 0.270 e. The van der Waals surface area contributed by atoms with Crippen molar-refractivity contribution < 1.29 is 4.79 Å². The van der Waals surface area contributed by atoms with Crippen LogP contribution in [-0.4, -0.2) is 46.9 Å². The van der Waals surface area contributed by atoms with Crippen LogP contribution >= 0.6 is 0 Å². The molecule has 2 heterocycles. The first-order valence-corrected chi connectivity index (χ1v) is 9.66. The summed E-state index contributed by atoms with van der Waals surface area (Å²) < 4.78 is 0. The first-order chi connectivity index (χ1) is 13.0. The average Bonchev–Trinajstić information content (AvgIpc) is 3.04. The Labute approximate surface area is 160 Å². The average molecular weight is 361 g/mol. The van der Waals surface area contributed by atoms with Crippen LogP contribution < -0.4 is 0 Å². The van der Waals surface area contributed by atoms with Crippen molar-refractivity contribution in [3.05, 3.63) is 70.4 Å². The standard InChI is InChI=1S/C23H27N3O/c1-16-4-5-21-20(13-16)14-22(24-21)23(27)26-8-6-25(7-9-26)15-19-11-17(2)10-18(3)12-19/h4-5,10-14,24H,6-9,15H2,1-3H3. The topological polar surface area (TPSA) is 39.3 Å². The van der Waals surface area contributed by atoms with Gasteiger partial charge in [0.2, 0.25) is 0 Å². The summed E-state index contributed by atoms with van der Waals surface area (Å²) in [6, 6.07) is 14.9. The summed E-state index contributed by atoms with van der Waals surface area (Å²) >= 11 is 0. The van der Waals surface area contributed by atoms with Gasteiger partial charge in [-0.3, -0.25) is 9.69 Å². The predicted octanol–water partition coefficient (Wildman–Crippen LogP) is 4.05. The number of carbonyl (C=O) groups is 1. The lowest BCUT2D eigenvalue weighted by Gasteiger charge is -2.34. The molecule has 0 unspecified atom stereocenters. The molecule has 140 valence electrons. The molecule has 0 spiro atoms. The van der Waals surface area contributed by atoms with E-state index in [0.717, 1.165) is 43.6 Å². The van der Waals surface area contributed by atoms with E-state index in [1.807, 2.05) is 17.0 Å². The van der Waals surface area contributed by atoms with Gasteiger partial charge in [-0.05, 0) is 44.5 Å². The molecule has 1 N–H and O–H groups in total. The van der Waals surface area contributed by atoms with Crippen molar-refractivity contribution in [1.82, 2.24) is 14.8 Å². The highest BCUT2D eigenvalue weighted by atomic mass is 16.2. The van der Waals surface area contributed by atoms with Gasteiger partial charge in [-0.15, -0.1) is 0 Å². The van der Waals surface area contributed by atoms with Gasteiger partial charge in [-0.1, -0.05) is 41.0 Å². The number of carbonyl (C=O) groups excluding carboxylic acids is 1. The smallest absolute Gasteiger partial charge is 0.270 e. The van der Waals surface area contributed by atoms with Crippen molar-refractivity contribution in [1.29, 1.82) is 0 Å². The summed E-state index contributed by atoms with van der Waals surface area (Å²) in [6.07, 6.45) is 0. The molecule has 1 saturated heterocycles. The maximum absolute atomic E-state index is 12.9. The maximum atomic E-state index is 12.9. The van der Waals surface area contributed by atoms with Crippen molar-refractivity contribution >= 4 is 16.8 Å². The van der Waals surface area contributed by atoms with Crippen LogP contribution in [0.15, 0.2) is 42.5 Å². The summed E-state index contributed by atoms with van der Waals surface area (Å²) in [5.74, 6) is 0.106. The zero-order valence-electron chi connectivity index (χ0n) is 16.4. The summed E-state index contributed by atoms with van der Waals surface area (Å²) in [5, 5.41) is 1.10. The third kappa shape index (κ3) is 3.91. The minimum Gasteiger partial charge on any atom is -0.351 e. The Hall–Kier alpha value is -2.59. The SMILES string of the molecule is Cc1cc(C)cc(CN2CCN(C(=O)c3cc4cc(C)ccc4[nH]3)CC2)c1.